The van der Waals surface area contributed by atoms with Gasteiger partial charge in [-0.05, 0) is 84.6 Å². The van der Waals surface area contributed by atoms with Gasteiger partial charge in [-0.3, -0.25) is 48.7 Å². The molecule has 8 atom stereocenters. The maximum atomic E-state index is 13.0. The zero-order valence-corrected chi connectivity index (χ0v) is 41.1. The lowest BCUT2D eigenvalue weighted by Gasteiger charge is -2.22. The number of hydrogen-bond donors (Lipinski definition) is 16. The average molecular weight is 997 g/mol. The molecule has 0 saturated carbocycles. The lowest BCUT2D eigenvalue weighted by Crippen LogP contribution is -2.51. The Hall–Kier alpha value is -6.32. The van der Waals surface area contributed by atoms with Crippen LogP contribution in [0.2, 0.25) is 0 Å². The van der Waals surface area contributed by atoms with Gasteiger partial charge in [0, 0.05) is 56.1 Å². The molecule has 2 rings (SSSR count). The number of nitrogens with zero attached hydrogens (tertiary/aromatic N) is 4. The Kier molecular flexibility index (Phi) is 29.9. The summed E-state index contributed by atoms with van der Waals surface area (Å²) >= 11 is 1.83. The highest BCUT2D eigenvalue weighted by Crippen LogP contribution is 2.33. The van der Waals surface area contributed by atoms with Crippen molar-refractivity contribution in [3.63, 3.8) is 0 Å². The molecule has 28 heteroatoms. The fourth-order valence-electron chi connectivity index (χ4n) is 7.18. The number of carbonyl (C=O) groups is 7. The van der Waals surface area contributed by atoms with Crippen molar-refractivity contribution in [3.8, 4) is 0 Å². The summed E-state index contributed by atoms with van der Waals surface area (Å²) in [4.78, 5) is 101. The molecule has 2 aliphatic heterocycles. The monoisotopic (exact) mass is 997 g/mol. The van der Waals surface area contributed by atoms with Gasteiger partial charge < -0.3 is 88.8 Å². The number of nitrogens with two attached hydrogens (primary N) is 9. The van der Waals surface area contributed by atoms with E-state index in [2.05, 4.69) is 57.2 Å². The highest BCUT2D eigenvalue weighted by atomic mass is 32.2. The van der Waals surface area contributed by atoms with Crippen LogP contribution in [0.3, 0.4) is 0 Å². The van der Waals surface area contributed by atoms with Crippen molar-refractivity contribution in [1.82, 2.24) is 37.2 Å². The molecular formula is C41H80N20O7S. The number of rotatable bonds is 33. The fourth-order valence-corrected chi connectivity index (χ4v) is 8.72. The smallest absolute Gasteiger partial charge is 0.315 e. The maximum Gasteiger partial charge on any atom is 0.315 e. The average Bonchev–Trinajstić information content (AvgIpc) is 3.83. The summed E-state index contributed by atoms with van der Waals surface area (Å²) < 4.78 is 0. The summed E-state index contributed by atoms with van der Waals surface area (Å²) in [5.41, 5.74) is 47.8. The number of fused-ring (bicyclic) bond motifs is 1. The van der Waals surface area contributed by atoms with Gasteiger partial charge in [-0.25, -0.2) is 4.79 Å². The first kappa shape index (κ1) is 60.7. The van der Waals surface area contributed by atoms with Crippen LogP contribution in [0.25, 0.3) is 0 Å². The fraction of sp³-hybridized carbons (Fsp3) is 0.732. The van der Waals surface area contributed by atoms with Gasteiger partial charge in [0.1, 0.15) is 12.1 Å². The molecule has 0 aromatic heterocycles. The molecule has 0 spiro atoms. The lowest BCUT2D eigenvalue weighted by atomic mass is 10.0. The molecule has 0 radical (unpaired) electrons. The molecule has 2 aliphatic rings. The minimum atomic E-state index is -0.831. The van der Waals surface area contributed by atoms with E-state index in [1.165, 1.54) is 6.92 Å². The first-order valence-corrected chi connectivity index (χ1v) is 24.2. The van der Waals surface area contributed by atoms with Gasteiger partial charge >= 0.3 is 6.03 Å². The number of primary amides is 1. The first-order chi connectivity index (χ1) is 32.6. The highest BCUT2D eigenvalue weighted by Gasteiger charge is 2.42. The van der Waals surface area contributed by atoms with E-state index in [1.807, 2.05) is 11.8 Å². The number of thioether (sulfide) groups is 1. The van der Waals surface area contributed by atoms with Gasteiger partial charge in [-0.15, -0.1) is 0 Å². The van der Waals surface area contributed by atoms with Crippen LogP contribution in [0.4, 0.5) is 4.79 Å². The van der Waals surface area contributed by atoms with Crippen molar-refractivity contribution in [2.75, 3.05) is 45.5 Å². The van der Waals surface area contributed by atoms with Gasteiger partial charge in [0.15, 0.2) is 29.6 Å². The van der Waals surface area contributed by atoms with Crippen molar-refractivity contribution < 1.29 is 33.6 Å². The zero-order chi connectivity index (χ0) is 51.9. The van der Waals surface area contributed by atoms with Crippen molar-refractivity contribution in [2.45, 2.75) is 139 Å². The van der Waals surface area contributed by atoms with Gasteiger partial charge in [0.25, 0.3) is 0 Å². The van der Waals surface area contributed by atoms with Crippen LogP contribution in [0.15, 0.2) is 20.0 Å². The largest absolute Gasteiger partial charge is 0.370 e. The van der Waals surface area contributed by atoms with Gasteiger partial charge in [0.2, 0.25) is 29.5 Å². The van der Waals surface area contributed by atoms with Crippen LogP contribution < -0.4 is 88.8 Å². The topological polar surface area (TPSA) is 487 Å². The number of carbonyl (C=O) groups excluding carboxylic acids is 7. The van der Waals surface area contributed by atoms with Gasteiger partial charge in [0.05, 0.1) is 24.2 Å². The van der Waals surface area contributed by atoms with E-state index >= 15 is 0 Å². The molecule has 0 bridgehead atoms. The maximum absolute atomic E-state index is 13.0. The molecule has 0 aliphatic carbocycles. The quantitative estimate of drug-likeness (QED) is 0.0127. The van der Waals surface area contributed by atoms with Crippen molar-refractivity contribution >= 4 is 77.0 Å². The molecule has 5 unspecified atom stereocenters. The molecule has 25 N–H and O–H groups in total. The van der Waals surface area contributed by atoms with E-state index < -0.39 is 36.0 Å². The zero-order valence-electron chi connectivity index (χ0n) is 40.3. The van der Waals surface area contributed by atoms with E-state index in [-0.39, 0.29) is 84.3 Å². The van der Waals surface area contributed by atoms with E-state index in [4.69, 9.17) is 51.6 Å². The molecule has 2 heterocycles. The second kappa shape index (κ2) is 34.0. The molecule has 392 valence electrons. The Labute approximate surface area is 408 Å². The van der Waals surface area contributed by atoms with Crippen LogP contribution >= 0.6 is 11.8 Å². The third-order valence-electron chi connectivity index (χ3n) is 11.0. The summed E-state index contributed by atoms with van der Waals surface area (Å²) in [5.74, 6) is -1.56. The van der Waals surface area contributed by atoms with E-state index in [9.17, 15) is 33.6 Å². The van der Waals surface area contributed by atoms with Gasteiger partial charge in [-0.1, -0.05) is 13.3 Å². The Morgan fingerprint density at radius 2 is 1.12 bits per heavy atom. The van der Waals surface area contributed by atoms with Crippen molar-refractivity contribution in [1.29, 1.82) is 0 Å². The predicted octanol–water partition coefficient (Wildman–Crippen LogP) is -4.83. The minimum Gasteiger partial charge on any atom is -0.370 e. The summed E-state index contributed by atoms with van der Waals surface area (Å²) in [6.07, 6.45) is 6.65. The van der Waals surface area contributed by atoms with Crippen molar-refractivity contribution in [3.05, 3.63) is 0 Å². The summed E-state index contributed by atoms with van der Waals surface area (Å²) in [5, 5.41) is 20.0. The first-order valence-electron chi connectivity index (χ1n) is 23.2. The number of likely N-dealkylation sites (N-methyl/N-ethyl adjacent to an activating group) is 1. The third-order valence-corrected chi connectivity index (χ3v) is 12.5. The molecule has 69 heavy (non-hydrogen) atoms. The Bertz CT molecular complexity index is 1770. The summed E-state index contributed by atoms with van der Waals surface area (Å²) in [7, 11) is 1.61. The second-order valence-corrected chi connectivity index (χ2v) is 18.0. The molecule has 2 fully saturated rings. The molecule has 7 amide bonds. The molecule has 2 saturated heterocycles. The Morgan fingerprint density at radius 3 is 1.61 bits per heavy atom. The van der Waals surface area contributed by atoms with Crippen molar-refractivity contribution in [2.24, 2.45) is 77.5 Å². The van der Waals surface area contributed by atoms with E-state index in [1.54, 1.807) is 14.0 Å². The molecular weight excluding hydrogens is 917 g/mol. The number of amides is 7. The number of aliphatic imine (C=N–C) groups is 4. The van der Waals surface area contributed by atoms with E-state index in [0.29, 0.717) is 95.6 Å². The second-order valence-electron chi connectivity index (χ2n) is 16.7. The standard InChI is InChI=1S/C23H42N10O4S.C18H38N10O3/c1-13(34)14(6-4-10-28-21(24)25)31-20(36)15(7-5-11-29-22(26)27)30-18(35)9-3-2-8-17-19-16(12-38-17)32-23(37)33-19;1-11(5-3-8-26-17(20)21)15(30)28-13(6-4-9-27-18(22)23)16(31)25-10-7-12(24-2)14(19)29/h14-17,19H,2-12H2,1H3,(H,30,35)(H,31,36)(H4,24,25,28)(H4,26,27,29)(H2,32,33,37);11-13,24H,3-10H2,1-2H3,(H2,19,29)(H,25,31)(H,28,30)(H4,20,21,26)(H4,22,23,27)/t14?,15?,16-,17-,19-;/m0./s1. The number of Topliss-reactive ketones (excluding diaryl/α,β-unsaturated/α-hetero) is 1. The van der Waals surface area contributed by atoms with Crippen LogP contribution in [-0.2, 0) is 28.8 Å². The number of unbranched alkanes of at least 4 members (excludes halogenated alkanes) is 1. The van der Waals surface area contributed by atoms with Crippen LogP contribution in [0.5, 0.6) is 0 Å². The number of nitrogens with one attached hydrogen (secondary N) is 7. The van der Waals surface area contributed by atoms with Crippen LogP contribution in [-0.4, -0.2) is 152 Å². The minimum absolute atomic E-state index is 0.00598. The Morgan fingerprint density at radius 1 is 0.623 bits per heavy atom. The summed E-state index contributed by atoms with van der Waals surface area (Å²) in [6.45, 7) is 4.79. The van der Waals surface area contributed by atoms with Crippen LogP contribution in [0, 0.1) is 5.92 Å². The molecule has 0 aromatic rings. The summed E-state index contributed by atoms with van der Waals surface area (Å²) in [6, 6.07) is -2.68. The third kappa shape index (κ3) is 27.3. The lowest BCUT2D eigenvalue weighted by molar-refractivity contribution is -0.131. The van der Waals surface area contributed by atoms with Crippen LogP contribution in [0.1, 0.15) is 97.3 Å². The van der Waals surface area contributed by atoms with E-state index in [0.717, 1.165) is 18.6 Å². The highest BCUT2D eigenvalue weighted by molar-refractivity contribution is 8.00. The Balaban J connectivity index is 0.000000706. The van der Waals surface area contributed by atoms with Gasteiger partial charge in [-0.2, -0.15) is 11.8 Å². The number of urea groups is 1. The number of ketones is 1. The molecule has 0 aromatic carbocycles. The molecule has 27 nitrogen and oxygen atoms in total. The normalized spacial score (nSPS) is 17.7. The SMILES string of the molecule is CC(=O)C(CCCN=C(N)N)NC(=O)C(CCCN=C(N)N)NC(=O)CCCC[C@@H]1SC[C@@H]2NC(=O)N[C@@H]21.CNC(CCNC(=O)C(CCCN=C(N)N)NC(=O)C(C)CCCN=C(N)N)C(N)=O. The number of guanidine groups is 4. The predicted molar refractivity (Wildman–Crippen MR) is 269 cm³/mol. The number of hydrogen-bond acceptors (Lipinski definition) is 13.